The van der Waals surface area contributed by atoms with Gasteiger partial charge in [-0.05, 0) is 44.8 Å². The predicted molar refractivity (Wildman–Crippen MR) is 75.8 cm³/mol. The Hall–Kier alpha value is -1.75. The summed E-state index contributed by atoms with van der Waals surface area (Å²) in [5.41, 5.74) is 0.693. The molecule has 1 N–H and O–H groups in total. The third-order valence-corrected chi connectivity index (χ3v) is 2.35. The monoisotopic (exact) mass is 266 g/mol. The Balaban J connectivity index is 2.33. The Morgan fingerprint density at radius 2 is 1.89 bits per heavy atom. The van der Waals surface area contributed by atoms with Crippen LogP contribution in [0.2, 0.25) is 0 Å². The second-order valence-electron chi connectivity index (χ2n) is 4.44. The van der Waals surface area contributed by atoms with Crippen molar-refractivity contribution in [2.24, 2.45) is 0 Å². The third-order valence-electron chi connectivity index (χ3n) is 2.35. The van der Waals surface area contributed by atoms with Crippen molar-refractivity contribution in [3.63, 3.8) is 0 Å². The molecule has 0 radical (unpaired) electrons. The molecule has 0 heterocycles. The number of carbonyl (C=O) groups is 1. The molecule has 0 saturated heterocycles. The van der Waals surface area contributed by atoms with Gasteiger partial charge in [0.2, 0.25) is 0 Å². The number of carbonyl (C=O) groups excluding carboxylic acids is 1. The minimum atomic E-state index is -0.441. The Kier molecular flexibility index (Phi) is 6.74. The van der Waals surface area contributed by atoms with Crippen molar-refractivity contribution in [2.75, 3.05) is 39.2 Å². The van der Waals surface area contributed by atoms with Crippen LogP contribution in [0.3, 0.4) is 0 Å². The summed E-state index contributed by atoms with van der Waals surface area (Å²) in [6.45, 7) is 3.83. The smallest absolute Gasteiger partial charge is 0.411 e. The number of hydrogen-bond acceptors (Lipinski definition) is 4. The van der Waals surface area contributed by atoms with Gasteiger partial charge in [-0.3, -0.25) is 5.32 Å². The van der Waals surface area contributed by atoms with Gasteiger partial charge < -0.3 is 14.4 Å². The summed E-state index contributed by atoms with van der Waals surface area (Å²) < 4.78 is 10.5. The molecule has 1 amide bonds. The predicted octanol–water partition coefficient (Wildman–Crippen LogP) is 2.59. The van der Waals surface area contributed by atoms with Crippen molar-refractivity contribution in [3.8, 4) is 5.75 Å². The highest BCUT2D eigenvalue weighted by atomic mass is 16.5. The molecule has 0 bridgehead atoms. The minimum absolute atomic E-state index is 0.372. The first-order valence-electron chi connectivity index (χ1n) is 6.43. The van der Waals surface area contributed by atoms with Gasteiger partial charge in [0, 0.05) is 12.2 Å². The van der Waals surface area contributed by atoms with Gasteiger partial charge in [0.05, 0.1) is 6.61 Å². The maximum absolute atomic E-state index is 11.5. The number of rotatable bonds is 7. The van der Waals surface area contributed by atoms with Crippen molar-refractivity contribution >= 4 is 11.8 Å². The van der Waals surface area contributed by atoms with Crippen LogP contribution in [0.1, 0.15) is 13.3 Å². The lowest BCUT2D eigenvalue weighted by molar-refractivity contribution is 0.151. The van der Waals surface area contributed by atoms with E-state index in [1.165, 1.54) is 0 Å². The van der Waals surface area contributed by atoms with Crippen LogP contribution in [-0.4, -0.2) is 44.8 Å². The molecule has 0 fully saturated rings. The summed E-state index contributed by atoms with van der Waals surface area (Å²) >= 11 is 0. The van der Waals surface area contributed by atoms with E-state index in [2.05, 4.69) is 12.2 Å². The van der Waals surface area contributed by atoms with Crippen LogP contribution in [0.5, 0.6) is 5.75 Å². The fraction of sp³-hybridized carbons (Fsp3) is 0.500. The van der Waals surface area contributed by atoms with Gasteiger partial charge in [-0.2, -0.15) is 0 Å². The number of nitrogens with zero attached hydrogens (tertiary/aromatic N) is 1. The van der Waals surface area contributed by atoms with E-state index in [-0.39, 0.29) is 0 Å². The van der Waals surface area contributed by atoms with E-state index in [0.29, 0.717) is 25.4 Å². The summed E-state index contributed by atoms with van der Waals surface area (Å²) in [6, 6.07) is 7.23. The van der Waals surface area contributed by atoms with Gasteiger partial charge in [0.1, 0.15) is 12.4 Å². The molecular weight excluding hydrogens is 244 g/mol. The minimum Gasteiger partial charge on any atom is -0.494 e. The fourth-order valence-electron chi connectivity index (χ4n) is 1.33. The molecule has 106 valence electrons. The van der Waals surface area contributed by atoms with E-state index in [0.717, 1.165) is 12.2 Å². The molecule has 0 aliphatic heterocycles. The van der Waals surface area contributed by atoms with E-state index in [4.69, 9.17) is 9.47 Å². The van der Waals surface area contributed by atoms with E-state index in [1.807, 2.05) is 31.1 Å². The first-order chi connectivity index (χ1) is 9.11. The van der Waals surface area contributed by atoms with E-state index in [9.17, 15) is 4.79 Å². The Morgan fingerprint density at radius 3 is 2.47 bits per heavy atom. The summed E-state index contributed by atoms with van der Waals surface area (Å²) in [5.74, 6) is 0.799. The van der Waals surface area contributed by atoms with Crippen LogP contribution in [0, 0.1) is 0 Å². The van der Waals surface area contributed by atoms with E-state index >= 15 is 0 Å². The lowest BCUT2D eigenvalue weighted by atomic mass is 10.3. The standard InChI is InChI=1S/C14H22N2O3/c1-4-10-18-13-7-5-12(6-8-13)15-14(17)19-11-9-16(2)3/h5-8H,4,9-11H2,1-3H3,(H,15,17). The first-order valence-corrected chi connectivity index (χ1v) is 6.43. The van der Waals surface area contributed by atoms with Gasteiger partial charge >= 0.3 is 6.09 Å². The topological polar surface area (TPSA) is 50.8 Å². The fourth-order valence-corrected chi connectivity index (χ4v) is 1.33. The summed E-state index contributed by atoms with van der Waals surface area (Å²) in [4.78, 5) is 13.4. The van der Waals surface area contributed by atoms with Crippen molar-refractivity contribution in [1.29, 1.82) is 0 Å². The lowest BCUT2D eigenvalue weighted by Gasteiger charge is -2.11. The second-order valence-corrected chi connectivity index (χ2v) is 4.44. The average molecular weight is 266 g/mol. The molecule has 1 aromatic carbocycles. The Bertz CT molecular complexity index is 377. The van der Waals surface area contributed by atoms with Crippen LogP contribution in [-0.2, 0) is 4.74 Å². The van der Waals surface area contributed by atoms with Gasteiger partial charge in [0.15, 0.2) is 0 Å². The molecule has 0 atom stereocenters. The van der Waals surface area contributed by atoms with Crippen LogP contribution in [0.25, 0.3) is 0 Å². The summed E-state index contributed by atoms with van der Waals surface area (Å²) in [5, 5.41) is 2.66. The number of benzene rings is 1. The third kappa shape index (κ3) is 6.67. The first kappa shape index (κ1) is 15.3. The molecule has 19 heavy (non-hydrogen) atoms. The molecule has 0 spiro atoms. The van der Waals surface area contributed by atoms with Crippen LogP contribution < -0.4 is 10.1 Å². The molecule has 5 heteroatoms. The number of nitrogens with one attached hydrogen (secondary N) is 1. The largest absolute Gasteiger partial charge is 0.494 e. The van der Waals surface area contributed by atoms with E-state index < -0.39 is 6.09 Å². The molecule has 0 aliphatic carbocycles. The Morgan fingerprint density at radius 1 is 1.21 bits per heavy atom. The zero-order chi connectivity index (χ0) is 14.1. The maximum Gasteiger partial charge on any atom is 0.411 e. The number of likely N-dealkylation sites (N-methyl/N-ethyl adjacent to an activating group) is 1. The van der Waals surface area contributed by atoms with Gasteiger partial charge in [0.25, 0.3) is 0 Å². The Labute approximate surface area is 114 Å². The van der Waals surface area contributed by atoms with Crippen LogP contribution in [0.15, 0.2) is 24.3 Å². The molecule has 0 saturated carbocycles. The molecule has 1 aromatic rings. The molecule has 1 rings (SSSR count). The number of ether oxygens (including phenoxy) is 2. The van der Waals surface area contributed by atoms with Crippen LogP contribution in [0.4, 0.5) is 10.5 Å². The normalized spacial score (nSPS) is 10.3. The summed E-state index contributed by atoms with van der Waals surface area (Å²) in [6.07, 6.45) is 0.530. The second kappa shape index (κ2) is 8.37. The van der Waals surface area contributed by atoms with Crippen molar-refractivity contribution in [3.05, 3.63) is 24.3 Å². The van der Waals surface area contributed by atoms with Gasteiger partial charge in [-0.25, -0.2) is 4.79 Å². The SMILES string of the molecule is CCCOc1ccc(NC(=O)OCCN(C)C)cc1. The quantitative estimate of drug-likeness (QED) is 0.824. The molecule has 5 nitrogen and oxygen atoms in total. The highest BCUT2D eigenvalue weighted by Gasteiger charge is 2.03. The van der Waals surface area contributed by atoms with E-state index in [1.54, 1.807) is 12.1 Å². The highest BCUT2D eigenvalue weighted by Crippen LogP contribution is 2.15. The van der Waals surface area contributed by atoms with Gasteiger partial charge in [-0.15, -0.1) is 0 Å². The molecular formula is C14H22N2O3. The number of hydrogen-bond donors (Lipinski definition) is 1. The van der Waals surface area contributed by atoms with Gasteiger partial charge in [-0.1, -0.05) is 6.92 Å². The van der Waals surface area contributed by atoms with Crippen LogP contribution >= 0.6 is 0 Å². The number of amides is 1. The maximum atomic E-state index is 11.5. The van der Waals surface area contributed by atoms with Crippen molar-refractivity contribution in [1.82, 2.24) is 4.90 Å². The molecule has 0 aromatic heterocycles. The lowest BCUT2D eigenvalue weighted by Crippen LogP contribution is -2.22. The molecule has 0 unspecified atom stereocenters. The highest BCUT2D eigenvalue weighted by molar-refractivity contribution is 5.84. The summed E-state index contributed by atoms with van der Waals surface area (Å²) in [7, 11) is 3.85. The zero-order valence-electron chi connectivity index (χ0n) is 11.8. The van der Waals surface area contributed by atoms with Crippen molar-refractivity contribution < 1.29 is 14.3 Å². The molecule has 0 aliphatic rings. The van der Waals surface area contributed by atoms with Crippen molar-refractivity contribution in [2.45, 2.75) is 13.3 Å². The average Bonchev–Trinajstić information content (AvgIpc) is 2.37. The number of anilines is 1. The zero-order valence-corrected chi connectivity index (χ0v) is 11.8.